The van der Waals surface area contributed by atoms with Crippen molar-refractivity contribution in [3.05, 3.63) is 22.6 Å². The van der Waals surface area contributed by atoms with Crippen molar-refractivity contribution in [3.63, 3.8) is 0 Å². The summed E-state index contributed by atoms with van der Waals surface area (Å²) >= 11 is 1.12. The van der Waals surface area contributed by atoms with Crippen LogP contribution in [0.4, 0.5) is 27.0 Å². The molecule has 2 aliphatic rings. The first-order valence-corrected chi connectivity index (χ1v) is 8.89. The van der Waals surface area contributed by atoms with E-state index >= 15 is 0 Å². The number of nitrogens with zero attached hydrogens (tertiary/aromatic N) is 3. The molecule has 0 saturated carbocycles. The van der Waals surface area contributed by atoms with Crippen LogP contribution in [0.5, 0.6) is 0 Å². The molecular formula is C16H14F5N3O3S. The van der Waals surface area contributed by atoms with Gasteiger partial charge in [0.2, 0.25) is 5.91 Å². The van der Waals surface area contributed by atoms with Gasteiger partial charge in [-0.3, -0.25) is 4.79 Å². The van der Waals surface area contributed by atoms with Crippen LogP contribution in [0.25, 0.3) is 6.08 Å². The molecule has 0 spiro atoms. The lowest BCUT2D eigenvalue weighted by molar-refractivity contribution is -0.249. The van der Waals surface area contributed by atoms with Gasteiger partial charge in [0.15, 0.2) is 5.71 Å². The second-order valence-corrected chi connectivity index (χ2v) is 7.21. The molecule has 1 amide bonds. The predicted molar refractivity (Wildman–Crippen MR) is 91.3 cm³/mol. The summed E-state index contributed by atoms with van der Waals surface area (Å²) in [6.45, 7) is 3.62. The number of amides is 1. The number of rotatable bonds is 3. The summed E-state index contributed by atoms with van der Waals surface area (Å²) in [5.74, 6) is -6.72. The van der Waals surface area contributed by atoms with E-state index in [2.05, 4.69) is 9.99 Å². The van der Waals surface area contributed by atoms with Gasteiger partial charge >= 0.3 is 18.1 Å². The lowest BCUT2D eigenvalue weighted by Gasteiger charge is -2.34. The fourth-order valence-electron chi connectivity index (χ4n) is 2.74. The number of carbonyl (C=O) groups excluding carboxylic acids is 2. The molecule has 2 aliphatic heterocycles. The second-order valence-electron chi connectivity index (χ2n) is 6.12. The van der Waals surface area contributed by atoms with E-state index in [1.165, 1.54) is 13.0 Å². The summed E-state index contributed by atoms with van der Waals surface area (Å²) in [5.41, 5.74) is -2.69. The van der Waals surface area contributed by atoms with Gasteiger partial charge in [0, 0.05) is 38.0 Å². The van der Waals surface area contributed by atoms with Crippen molar-refractivity contribution < 1.29 is 36.4 Å². The van der Waals surface area contributed by atoms with E-state index in [1.54, 1.807) is 11.0 Å². The van der Waals surface area contributed by atoms with Crippen LogP contribution in [0.3, 0.4) is 0 Å². The highest BCUT2D eigenvalue weighted by Gasteiger charge is 2.64. The second kappa shape index (κ2) is 7.15. The van der Waals surface area contributed by atoms with Gasteiger partial charge in [0.1, 0.15) is 0 Å². The fourth-order valence-corrected chi connectivity index (χ4v) is 3.75. The molecule has 1 aromatic heterocycles. The number of anilines is 1. The van der Waals surface area contributed by atoms with Crippen LogP contribution in [0.2, 0.25) is 0 Å². The maximum absolute atomic E-state index is 13.6. The van der Waals surface area contributed by atoms with Crippen molar-refractivity contribution in [2.24, 2.45) is 5.16 Å². The quantitative estimate of drug-likeness (QED) is 0.426. The molecule has 0 N–H and O–H groups in total. The minimum Gasteiger partial charge on any atom is -0.360 e. The molecule has 0 radical (unpaired) electrons. The van der Waals surface area contributed by atoms with E-state index in [9.17, 15) is 31.5 Å². The molecule has 1 saturated heterocycles. The van der Waals surface area contributed by atoms with Gasteiger partial charge < -0.3 is 14.6 Å². The largest absolute Gasteiger partial charge is 0.459 e. The smallest absolute Gasteiger partial charge is 0.360 e. The Balaban J connectivity index is 1.80. The summed E-state index contributed by atoms with van der Waals surface area (Å²) in [4.78, 5) is 31.0. The number of piperazine rings is 1. The molecule has 0 unspecified atom stereocenters. The van der Waals surface area contributed by atoms with Gasteiger partial charge in [-0.1, -0.05) is 5.16 Å². The fraction of sp³-hybridized carbons (Fsp3) is 0.438. The zero-order chi connectivity index (χ0) is 20.7. The Morgan fingerprint density at radius 3 is 2.39 bits per heavy atom. The Kier molecular flexibility index (Phi) is 5.17. The predicted octanol–water partition coefficient (Wildman–Crippen LogP) is 2.91. The standard InChI is InChI=1S/C16H14F5N3O3S/c1-9(25)23-4-6-24(7-5-23)12-3-2-10(28-12)8-11-13(22-27-14(11)26)15(17,18)16(19,20)21/h2-3,8H,4-7H2,1H3/b11-8-. The Morgan fingerprint density at radius 2 is 1.82 bits per heavy atom. The van der Waals surface area contributed by atoms with Gasteiger partial charge in [-0.25, -0.2) is 4.79 Å². The summed E-state index contributed by atoms with van der Waals surface area (Å²) in [6.07, 6.45) is -5.00. The third kappa shape index (κ3) is 3.73. The third-order valence-electron chi connectivity index (χ3n) is 4.28. The molecule has 12 heteroatoms. The molecule has 28 heavy (non-hydrogen) atoms. The number of oxime groups is 1. The molecule has 0 aliphatic carbocycles. The Bertz CT molecular complexity index is 854. The number of thiophene rings is 1. The minimum absolute atomic E-state index is 0.0339. The van der Waals surface area contributed by atoms with Crippen LogP contribution in [-0.2, 0) is 14.4 Å². The molecular weight excluding hydrogens is 409 g/mol. The first kappa shape index (κ1) is 20.2. The highest BCUT2D eigenvalue weighted by Crippen LogP contribution is 2.41. The summed E-state index contributed by atoms with van der Waals surface area (Å²) in [6, 6.07) is 3.17. The van der Waals surface area contributed by atoms with Gasteiger partial charge in [0.25, 0.3) is 0 Å². The lowest BCUT2D eigenvalue weighted by Crippen LogP contribution is -2.47. The zero-order valence-electron chi connectivity index (χ0n) is 14.4. The van der Waals surface area contributed by atoms with Crippen molar-refractivity contribution in [1.82, 2.24) is 4.90 Å². The Hall–Kier alpha value is -2.50. The first-order chi connectivity index (χ1) is 13.0. The van der Waals surface area contributed by atoms with Crippen molar-refractivity contribution in [1.29, 1.82) is 0 Å². The number of alkyl halides is 5. The minimum atomic E-state index is -5.91. The van der Waals surface area contributed by atoms with Crippen LogP contribution in [0, 0.1) is 0 Å². The number of hydrogen-bond donors (Lipinski definition) is 0. The Labute approximate surface area is 159 Å². The van der Waals surface area contributed by atoms with Crippen molar-refractivity contribution in [2.45, 2.75) is 19.0 Å². The van der Waals surface area contributed by atoms with Gasteiger partial charge in [-0.2, -0.15) is 22.0 Å². The number of carbonyl (C=O) groups is 2. The van der Waals surface area contributed by atoms with Crippen LogP contribution < -0.4 is 4.90 Å². The van der Waals surface area contributed by atoms with E-state index in [0.29, 0.717) is 31.1 Å². The SMILES string of the molecule is CC(=O)N1CCN(c2ccc(/C=C3\C(=O)ON=C3C(F)(F)C(F)(F)F)s2)CC1. The topological polar surface area (TPSA) is 62.2 Å². The molecule has 6 nitrogen and oxygen atoms in total. The van der Waals surface area contributed by atoms with E-state index < -0.39 is 29.4 Å². The molecule has 3 rings (SSSR count). The van der Waals surface area contributed by atoms with E-state index in [1.807, 2.05) is 4.90 Å². The van der Waals surface area contributed by atoms with Crippen LogP contribution in [0.15, 0.2) is 22.9 Å². The third-order valence-corrected chi connectivity index (χ3v) is 5.38. The maximum atomic E-state index is 13.6. The van der Waals surface area contributed by atoms with Gasteiger partial charge in [-0.15, -0.1) is 11.3 Å². The zero-order valence-corrected chi connectivity index (χ0v) is 15.2. The number of halogens is 5. The Morgan fingerprint density at radius 1 is 1.18 bits per heavy atom. The molecule has 1 fully saturated rings. The monoisotopic (exact) mass is 423 g/mol. The van der Waals surface area contributed by atoms with E-state index in [0.717, 1.165) is 22.4 Å². The first-order valence-electron chi connectivity index (χ1n) is 8.07. The molecule has 152 valence electrons. The van der Waals surface area contributed by atoms with E-state index in [4.69, 9.17) is 0 Å². The van der Waals surface area contributed by atoms with Crippen LogP contribution in [0.1, 0.15) is 11.8 Å². The molecule has 0 bridgehead atoms. The van der Waals surface area contributed by atoms with Crippen molar-refractivity contribution in [3.8, 4) is 0 Å². The summed E-state index contributed by atoms with van der Waals surface area (Å²) in [7, 11) is 0. The lowest BCUT2D eigenvalue weighted by atomic mass is 10.0. The molecule has 1 aromatic rings. The van der Waals surface area contributed by atoms with Crippen molar-refractivity contribution >= 4 is 40.0 Å². The maximum Gasteiger partial charge on any atom is 0.459 e. The average Bonchev–Trinajstić information content (AvgIpc) is 3.22. The number of hydrogen-bond acceptors (Lipinski definition) is 6. The van der Waals surface area contributed by atoms with Crippen LogP contribution >= 0.6 is 11.3 Å². The average molecular weight is 423 g/mol. The summed E-state index contributed by atoms with van der Waals surface area (Å²) < 4.78 is 65.0. The van der Waals surface area contributed by atoms with Crippen molar-refractivity contribution in [2.75, 3.05) is 31.1 Å². The highest BCUT2D eigenvalue weighted by molar-refractivity contribution is 7.17. The van der Waals surface area contributed by atoms with Gasteiger partial charge in [-0.05, 0) is 18.2 Å². The normalized spacial score (nSPS) is 19.9. The molecule has 3 heterocycles. The molecule has 0 aromatic carbocycles. The molecule has 0 atom stereocenters. The van der Waals surface area contributed by atoms with E-state index in [-0.39, 0.29) is 5.91 Å². The van der Waals surface area contributed by atoms with Gasteiger partial charge in [0.05, 0.1) is 10.6 Å². The van der Waals surface area contributed by atoms with Crippen LogP contribution in [-0.4, -0.2) is 60.8 Å². The highest BCUT2D eigenvalue weighted by atomic mass is 32.1. The summed E-state index contributed by atoms with van der Waals surface area (Å²) in [5, 5.41) is 3.38.